The van der Waals surface area contributed by atoms with Crippen LogP contribution in [0.25, 0.3) is 59.8 Å². The van der Waals surface area contributed by atoms with Crippen LogP contribution in [0, 0.1) is 0 Å². The molecule has 0 fully saturated rings. The monoisotopic (exact) mass is 498 g/mol. The molecule has 8 rings (SSSR count). The molecule has 0 saturated heterocycles. The lowest BCUT2D eigenvalue weighted by Crippen LogP contribution is -2.17. The maximum absolute atomic E-state index is 6.72. The van der Waals surface area contributed by atoms with E-state index in [1.807, 2.05) is 13.8 Å². The third-order valence-corrected chi connectivity index (χ3v) is 8.61. The highest BCUT2D eigenvalue weighted by molar-refractivity contribution is 6.47. The number of allylic oxidation sites excluding steroid dienone is 4. The quantitative estimate of drug-likeness (QED) is 0.165. The molecule has 0 amide bonds. The molecule has 0 heterocycles. The number of hydrogen-bond donors (Lipinski definition) is 0. The van der Waals surface area contributed by atoms with Crippen molar-refractivity contribution in [3.8, 4) is 11.1 Å². The summed E-state index contributed by atoms with van der Waals surface area (Å²) < 4.78 is 0. The van der Waals surface area contributed by atoms with Crippen LogP contribution in [0.2, 0.25) is 0 Å². The van der Waals surface area contributed by atoms with Gasteiger partial charge >= 0.3 is 0 Å². The molecule has 0 aliphatic heterocycles. The minimum atomic E-state index is 0.863. The van der Waals surface area contributed by atoms with Gasteiger partial charge in [-0.3, -0.25) is 0 Å². The van der Waals surface area contributed by atoms with Gasteiger partial charge in [0.2, 0.25) is 0 Å². The first kappa shape index (κ1) is 24.0. The van der Waals surface area contributed by atoms with E-state index in [0.29, 0.717) is 0 Å². The van der Waals surface area contributed by atoms with E-state index in [1.54, 1.807) is 5.57 Å². The predicted molar refractivity (Wildman–Crippen MR) is 172 cm³/mol. The van der Waals surface area contributed by atoms with Crippen molar-refractivity contribution in [3.05, 3.63) is 120 Å². The standard InChI is InChI=1S/C36H25B.C2H6/c37-36-31-12-6-4-10-26(31)35(27-11-5-7-13-32(27)36)30-21-17-24-15-19-28-25(22-8-2-1-3-9-22)18-14-23-16-20-29(30)34(24)33(23)28;1-2/h1-2,4-8,10-13,15-17,19-21H,3,9,14,18H2;1-2H3. The van der Waals surface area contributed by atoms with E-state index >= 15 is 0 Å². The Kier molecular flexibility index (Phi) is 5.89. The van der Waals surface area contributed by atoms with Gasteiger partial charge in [-0.1, -0.05) is 122 Å². The molecule has 0 N–H and O–H groups in total. The van der Waals surface area contributed by atoms with Crippen molar-refractivity contribution in [2.75, 3.05) is 0 Å². The Hall–Kier alpha value is -4.10. The van der Waals surface area contributed by atoms with Gasteiger partial charge in [-0.15, -0.1) is 0 Å². The fraction of sp³-hybridized carbons (Fsp3) is 0.158. The van der Waals surface area contributed by atoms with Crippen LogP contribution in [-0.2, 0) is 6.42 Å². The molecule has 2 aliphatic carbocycles. The topological polar surface area (TPSA) is 0 Å². The first-order chi connectivity index (χ1) is 19.3. The number of aryl methyl sites for hydroxylation is 1. The average Bonchev–Trinajstić information content (AvgIpc) is 3.02. The van der Waals surface area contributed by atoms with Gasteiger partial charge in [0.1, 0.15) is 7.85 Å². The second kappa shape index (κ2) is 9.58. The van der Waals surface area contributed by atoms with Crippen molar-refractivity contribution >= 4 is 62.0 Å². The summed E-state index contributed by atoms with van der Waals surface area (Å²) in [5.41, 5.74) is 7.97. The molecule has 0 saturated carbocycles. The van der Waals surface area contributed by atoms with Crippen molar-refractivity contribution in [2.45, 2.75) is 39.5 Å². The molecule has 0 aromatic heterocycles. The third-order valence-electron chi connectivity index (χ3n) is 8.61. The molecular formula is C38H31B. The van der Waals surface area contributed by atoms with Crippen molar-refractivity contribution in [3.63, 3.8) is 0 Å². The average molecular weight is 498 g/mol. The Morgan fingerprint density at radius 2 is 1.31 bits per heavy atom. The highest BCUT2D eigenvalue weighted by atomic mass is 14.2. The molecule has 6 aromatic carbocycles. The minimum absolute atomic E-state index is 0.863. The highest BCUT2D eigenvalue weighted by Gasteiger charge is 2.21. The summed E-state index contributed by atoms with van der Waals surface area (Å²) in [6, 6.07) is 31.3. The van der Waals surface area contributed by atoms with Crippen molar-refractivity contribution in [1.82, 2.24) is 0 Å². The minimum Gasteiger partial charge on any atom is -0.0842 e. The van der Waals surface area contributed by atoms with E-state index in [0.717, 1.165) is 41.9 Å². The van der Waals surface area contributed by atoms with Crippen LogP contribution in [0.1, 0.15) is 38.7 Å². The molecule has 1 heteroatoms. The van der Waals surface area contributed by atoms with Gasteiger partial charge in [-0.25, -0.2) is 0 Å². The normalized spacial score (nSPS) is 14.6. The van der Waals surface area contributed by atoms with Crippen molar-refractivity contribution < 1.29 is 0 Å². The lowest BCUT2D eigenvalue weighted by molar-refractivity contribution is 0.940. The number of fused-ring (bicyclic) bond motifs is 2. The first-order valence-corrected chi connectivity index (χ1v) is 14.3. The van der Waals surface area contributed by atoms with Gasteiger partial charge in [0.15, 0.2) is 0 Å². The van der Waals surface area contributed by atoms with Crippen LogP contribution >= 0.6 is 0 Å². The van der Waals surface area contributed by atoms with Gasteiger partial charge in [0.05, 0.1) is 0 Å². The summed E-state index contributed by atoms with van der Waals surface area (Å²) in [4.78, 5) is 0. The molecule has 0 spiro atoms. The highest BCUT2D eigenvalue weighted by Crippen LogP contribution is 2.42. The van der Waals surface area contributed by atoms with Gasteiger partial charge in [0.25, 0.3) is 0 Å². The van der Waals surface area contributed by atoms with Crippen molar-refractivity contribution in [2.24, 2.45) is 0 Å². The van der Waals surface area contributed by atoms with Crippen LogP contribution in [0.5, 0.6) is 0 Å². The Labute approximate surface area is 231 Å². The predicted octanol–water partition coefficient (Wildman–Crippen LogP) is 8.88. The number of benzene rings is 6. The maximum Gasteiger partial charge on any atom is 0.115 e. The SMILES string of the molecule is CC.[B]c1c2ccccc2c(-c2ccc3ccc4c5c(ccc2c35)CCC=4C2=CC=CCC2)c2ccccc12. The molecule has 6 aromatic rings. The zero-order valence-electron chi connectivity index (χ0n) is 22.7. The van der Waals surface area contributed by atoms with E-state index < -0.39 is 0 Å². The van der Waals surface area contributed by atoms with Gasteiger partial charge < -0.3 is 0 Å². The summed E-state index contributed by atoms with van der Waals surface area (Å²) in [5, 5.41) is 11.6. The smallest absolute Gasteiger partial charge is 0.0842 e. The number of hydrogen-bond acceptors (Lipinski definition) is 0. The summed E-state index contributed by atoms with van der Waals surface area (Å²) in [5.74, 6) is 0. The van der Waals surface area contributed by atoms with Crippen LogP contribution in [-0.4, -0.2) is 7.85 Å². The first-order valence-electron chi connectivity index (χ1n) is 14.3. The lowest BCUT2D eigenvalue weighted by Gasteiger charge is -2.23. The van der Waals surface area contributed by atoms with E-state index in [-0.39, 0.29) is 0 Å². The Morgan fingerprint density at radius 3 is 2.00 bits per heavy atom. The molecular weight excluding hydrogens is 467 g/mol. The second-order valence-corrected chi connectivity index (χ2v) is 10.5. The zero-order chi connectivity index (χ0) is 26.5. The molecule has 0 bridgehead atoms. The van der Waals surface area contributed by atoms with E-state index in [4.69, 9.17) is 7.85 Å². The molecule has 2 radical (unpaired) electrons. The van der Waals surface area contributed by atoms with E-state index in [1.165, 1.54) is 59.8 Å². The Morgan fingerprint density at radius 1 is 0.615 bits per heavy atom. The molecule has 39 heavy (non-hydrogen) atoms. The summed E-state index contributed by atoms with van der Waals surface area (Å²) >= 11 is 0. The van der Waals surface area contributed by atoms with Gasteiger partial charge in [-0.05, 0) is 102 Å². The van der Waals surface area contributed by atoms with Gasteiger partial charge in [-0.2, -0.15) is 0 Å². The fourth-order valence-electron chi connectivity index (χ4n) is 6.93. The Bertz CT molecular complexity index is 1980. The maximum atomic E-state index is 6.72. The summed E-state index contributed by atoms with van der Waals surface area (Å²) in [7, 11) is 6.72. The van der Waals surface area contributed by atoms with E-state index in [9.17, 15) is 0 Å². The second-order valence-electron chi connectivity index (χ2n) is 10.5. The van der Waals surface area contributed by atoms with Gasteiger partial charge in [0, 0.05) is 0 Å². The lowest BCUT2D eigenvalue weighted by atomic mass is 9.79. The molecule has 0 atom stereocenters. The van der Waals surface area contributed by atoms with Crippen LogP contribution in [0.3, 0.4) is 0 Å². The van der Waals surface area contributed by atoms with Crippen LogP contribution in [0.15, 0.2) is 109 Å². The van der Waals surface area contributed by atoms with Crippen LogP contribution < -0.4 is 10.7 Å². The number of rotatable bonds is 2. The fourth-order valence-corrected chi connectivity index (χ4v) is 6.93. The summed E-state index contributed by atoms with van der Waals surface area (Å²) in [6.45, 7) is 4.00. The molecule has 0 nitrogen and oxygen atoms in total. The molecule has 0 unspecified atom stereocenters. The Balaban J connectivity index is 0.00000124. The largest absolute Gasteiger partial charge is 0.115 e. The third kappa shape index (κ3) is 3.60. The summed E-state index contributed by atoms with van der Waals surface area (Å²) in [6.07, 6.45) is 11.4. The molecule has 2 aliphatic rings. The van der Waals surface area contributed by atoms with E-state index in [2.05, 4.69) is 103 Å². The van der Waals surface area contributed by atoms with Crippen molar-refractivity contribution in [1.29, 1.82) is 0 Å². The zero-order valence-corrected chi connectivity index (χ0v) is 22.7. The molecule has 186 valence electrons. The van der Waals surface area contributed by atoms with Crippen LogP contribution in [0.4, 0.5) is 0 Å².